The van der Waals surface area contributed by atoms with E-state index in [-0.39, 0.29) is 13.2 Å². The molecule has 1 saturated heterocycles. The standard InChI is InChI=1S/C25H48O5/c1-2-3-4-5-6-7-8-9-10-11-12-13-14-15-16-17-18-19-29-23-21-30-22(20-26)24(27)25(23)28/h2-3,22-28H,4-21H2,1H3/b3-2+/t22-,23+,24-,25-/m1/s1. The summed E-state index contributed by atoms with van der Waals surface area (Å²) >= 11 is 0. The molecule has 0 saturated carbocycles. The molecule has 178 valence electrons. The molecule has 0 aromatic rings. The van der Waals surface area contributed by atoms with Crippen molar-refractivity contribution in [3.63, 3.8) is 0 Å². The van der Waals surface area contributed by atoms with Crippen LogP contribution in [0.25, 0.3) is 0 Å². The second-order valence-corrected chi connectivity index (χ2v) is 8.75. The number of aliphatic hydroxyl groups is 3. The Morgan fingerprint density at radius 2 is 1.27 bits per heavy atom. The van der Waals surface area contributed by atoms with Gasteiger partial charge in [-0.25, -0.2) is 0 Å². The molecule has 4 atom stereocenters. The Morgan fingerprint density at radius 3 is 1.77 bits per heavy atom. The number of allylic oxidation sites excluding steroid dienone is 2. The Labute approximate surface area is 184 Å². The van der Waals surface area contributed by atoms with Crippen LogP contribution in [0, 0.1) is 0 Å². The van der Waals surface area contributed by atoms with Gasteiger partial charge in [-0.3, -0.25) is 0 Å². The lowest BCUT2D eigenvalue weighted by Gasteiger charge is -2.36. The van der Waals surface area contributed by atoms with Crippen LogP contribution < -0.4 is 0 Å². The Hall–Kier alpha value is -0.460. The van der Waals surface area contributed by atoms with Gasteiger partial charge in [-0.1, -0.05) is 89.2 Å². The molecule has 1 aliphatic rings. The van der Waals surface area contributed by atoms with Gasteiger partial charge in [0.2, 0.25) is 0 Å². The molecule has 0 aliphatic carbocycles. The van der Waals surface area contributed by atoms with Crippen molar-refractivity contribution in [3.8, 4) is 0 Å². The molecule has 0 radical (unpaired) electrons. The van der Waals surface area contributed by atoms with Crippen LogP contribution in [0.5, 0.6) is 0 Å². The number of rotatable bonds is 19. The zero-order chi connectivity index (χ0) is 21.9. The SMILES string of the molecule is C/C=C/CCCCCCCCCCCCCCCCO[C@H]1CO[C@H](CO)[C@@H](O)[C@@H]1O. The first kappa shape index (κ1) is 27.6. The maximum Gasteiger partial charge on any atom is 0.111 e. The van der Waals surface area contributed by atoms with Crippen LogP contribution in [0.4, 0.5) is 0 Å². The highest BCUT2D eigenvalue weighted by Crippen LogP contribution is 2.18. The van der Waals surface area contributed by atoms with E-state index in [0.29, 0.717) is 6.61 Å². The van der Waals surface area contributed by atoms with E-state index >= 15 is 0 Å². The molecule has 5 heteroatoms. The summed E-state index contributed by atoms with van der Waals surface area (Å²) in [7, 11) is 0. The van der Waals surface area contributed by atoms with E-state index in [1.807, 2.05) is 0 Å². The van der Waals surface area contributed by atoms with Gasteiger partial charge in [-0.15, -0.1) is 0 Å². The first-order valence-electron chi connectivity index (χ1n) is 12.5. The molecule has 0 aromatic heterocycles. The fourth-order valence-corrected chi connectivity index (χ4v) is 4.05. The highest BCUT2D eigenvalue weighted by Gasteiger charge is 2.38. The minimum atomic E-state index is -1.08. The zero-order valence-electron chi connectivity index (χ0n) is 19.4. The third-order valence-electron chi connectivity index (χ3n) is 6.10. The summed E-state index contributed by atoms with van der Waals surface area (Å²) < 4.78 is 11.0. The summed E-state index contributed by atoms with van der Waals surface area (Å²) in [6.07, 6.45) is 20.8. The first-order chi connectivity index (χ1) is 14.7. The van der Waals surface area contributed by atoms with E-state index in [0.717, 1.165) is 12.8 Å². The molecule has 0 aromatic carbocycles. The molecule has 1 rings (SSSR count). The van der Waals surface area contributed by atoms with Gasteiger partial charge in [0.25, 0.3) is 0 Å². The molecule has 30 heavy (non-hydrogen) atoms. The number of ether oxygens (including phenoxy) is 2. The third kappa shape index (κ3) is 13.1. The predicted octanol–water partition coefficient (Wildman–Crippen LogP) is 4.91. The minimum absolute atomic E-state index is 0.222. The van der Waals surface area contributed by atoms with Crippen LogP contribution in [-0.2, 0) is 9.47 Å². The highest BCUT2D eigenvalue weighted by molar-refractivity contribution is 4.87. The topological polar surface area (TPSA) is 79.2 Å². The second kappa shape index (κ2) is 19.2. The van der Waals surface area contributed by atoms with Gasteiger partial charge in [-0.05, 0) is 26.2 Å². The molecular weight excluding hydrogens is 380 g/mol. The maximum atomic E-state index is 10.0. The second-order valence-electron chi connectivity index (χ2n) is 8.75. The fourth-order valence-electron chi connectivity index (χ4n) is 4.05. The molecular formula is C25H48O5. The summed E-state index contributed by atoms with van der Waals surface area (Å²) in [6.45, 7) is 2.61. The average Bonchev–Trinajstić information content (AvgIpc) is 2.75. The largest absolute Gasteiger partial charge is 0.394 e. The van der Waals surface area contributed by atoms with Crippen molar-refractivity contribution in [3.05, 3.63) is 12.2 Å². The fraction of sp³-hybridized carbons (Fsp3) is 0.920. The molecule has 0 unspecified atom stereocenters. The van der Waals surface area contributed by atoms with Gasteiger partial charge < -0.3 is 24.8 Å². The number of aliphatic hydroxyl groups excluding tert-OH is 3. The van der Waals surface area contributed by atoms with Crippen molar-refractivity contribution in [1.82, 2.24) is 0 Å². The van der Waals surface area contributed by atoms with E-state index in [1.165, 1.54) is 83.5 Å². The van der Waals surface area contributed by atoms with Gasteiger partial charge >= 0.3 is 0 Å². The van der Waals surface area contributed by atoms with Crippen LogP contribution in [0.1, 0.15) is 103 Å². The summed E-state index contributed by atoms with van der Waals surface area (Å²) in [5.74, 6) is 0. The molecule has 5 nitrogen and oxygen atoms in total. The molecule has 3 N–H and O–H groups in total. The van der Waals surface area contributed by atoms with Gasteiger partial charge in [0.05, 0.1) is 13.2 Å². The van der Waals surface area contributed by atoms with Crippen LogP contribution in [0.2, 0.25) is 0 Å². The molecule has 0 bridgehead atoms. The summed E-state index contributed by atoms with van der Waals surface area (Å²) in [4.78, 5) is 0. The van der Waals surface area contributed by atoms with E-state index in [1.54, 1.807) is 0 Å². The smallest absolute Gasteiger partial charge is 0.111 e. The van der Waals surface area contributed by atoms with Crippen molar-refractivity contribution in [2.75, 3.05) is 19.8 Å². The molecule has 0 amide bonds. The molecule has 1 heterocycles. The maximum absolute atomic E-state index is 10.0. The van der Waals surface area contributed by atoms with E-state index < -0.39 is 24.4 Å². The van der Waals surface area contributed by atoms with Crippen molar-refractivity contribution >= 4 is 0 Å². The Kier molecular flexibility index (Phi) is 17.7. The number of hydrogen-bond donors (Lipinski definition) is 3. The minimum Gasteiger partial charge on any atom is -0.394 e. The van der Waals surface area contributed by atoms with E-state index in [2.05, 4.69) is 19.1 Å². The van der Waals surface area contributed by atoms with Crippen molar-refractivity contribution in [2.24, 2.45) is 0 Å². The van der Waals surface area contributed by atoms with Gasteiger partial charge in [0, 0.05) is 6.61 Å². The van der Waals surface area contributed by atoms with Crippen LogP contribution in [0.15, 0.2) is 12.2 Å². The zero-order valence-corrected chi connectivity index (χ0v) is 19.4. The molecule has 1 aliphatic heterocycles. The van der Waals surface area contributed by atoms with Gasteiger partial charge in [0.1, 0.15) is 24.4 Å². The predicted molar refractivity (Wildman–Crippen MR) is 123 cm³/mol. The lowest BCUT2D eigenvalue weighted by molar-refractivity contribution is -0.208. The van der Waals surface area contributed by atoms with E-state index in [4.69, 9.17) is 14.6 Å². The Morgan fingerprint density at radius 1 is 0.767 bits per heavy atom. The van der Waals surface area contributed by atoms with Gasteiger partial charge in [0.15, 0.2) is 0 Å². The van der Waals surface area contributed by atoms with Gasteiger partial charge in [-0.2, -0.15) is 0 Å². The van der Waals surface area contributed by atoms with E-state index in [9.17, 15) is 10.2 Å². The number of unbranched alkanes of at least 4 members (excludes halogenated alkanes) is 14. The third-order valence-corrected chi connectivity index (χ3v) is 6.10. The summed E-state index contributed by atoms with van der Waals surface area (Å²) in [5.41, 5.74) is 0. The summed E-state index contributed by atoms with van der Waals surface area (Å²) in [5, 5.41) is 28.9. The lowest BCUT2D eigenvalue weighted by atomic mass is 10.0. The van der Waals surface area contributed by atoms with Crippen LogP contribution in [-0.4, -0.2) is 59.6 Å². The molecule has 0 spiro atoms. The van der Waals surface area contributed by atoms with Crippen molar-refractivity contribution in [1.29, 1.82) is 0 Å². The number of hydrogen-bond acceptors (Lipinski definition) is 5. The van der Waals surface area contributed by atoms with Crippen molar-refractivity contribution in [2.45, 2.75) is 128 Å². The Bertz CT molecular complexity index is 401. The lowest BCUT2D eigenvalue weighted by Crippen LogP contribution is -2.55. The Balaban J connectivity index is 1.79. The quantitative estimate of drug-likeness (QED) is 0.201. The van der Waals surface area contributed by atoms with Crippen molar-refractivity contribution < 1.29 is 24.8 Å². The van der Waals surface area contributed by atoms with Crippen LogP contribution >= 0.6 is 0 Å². The average molecular weight is 429 g/mol. The summed E-state index contributed by atoms with van der Waals surface area (Å²) in [6, 6.07) is 0. The van der Waals surface area contributed by atoms with Crippen LogP contribution in [0.3, 0.4) is 0 Å². The molecule has 1 fully saturated rings. The first-order valence-corrected chi connectivity index (χ1v) is 12.5. The monoisotopic (exact) mass is 428 g/mol. The normalized spacial score (nSPS) is 24.7. The highest BCUT2D eigenvalue weighted by atomic mass is 16.6.